The Bertz CT molecular complexity index is 790. The average molecular weight is 373 g/mol. The van der Waals surface area contributed by atoms with Gasteiger partial charge in [-0.25, -0.2) is 12.7 Å². The Balaban J connectivity index is 2.48. The Morgan fingerprint density at radius 1 is 1.17 bits per heavy atom. The number of hydrogen-bond acceptors (Lipinski definition) is 5. The zero-order chi connectivity index (χ0) is 17.5. The molecule has 0 aliphatic heterocycles. The van der Waals surface area contributed by atoms with E-state index in [1.165, 1.54) is 5.51 Å². The zero-order valence-corrected chi connectivity index (χ0v) is 12.9. The number of anilines is 1. The van der Waals surface area contributed by atoms with Crippen LogP contribution >= 0.6 is 11.3 Å². The van der Waals surface area contributed by atoms with Crippen LogP contribution in [0.5, 0.6) is 0 Å². The maximum Gasteiger partial charge on any atom is 0.458 e. The Labute approximate surface area is 131 Å². The number of nitrogens with zero attached hydrogens (tertiary/aromatic N) is 3. The van der Waals surface area contributed by atoms with Gasteiger partial charge in [-0.05, 0) is 12.1 Å². The standard InChI is InChI=1S/C11H8F5N3O2S2/c1-19(9-18-17-6-22-9)23(20,21)8-4-2-3-7(5-8)10(12,13)11(14,15)16/h2-6H,1H3. The molecule has 0 saturated heterocycles. The lowest BCUT2D eigenvalue weighted by Gasteiger charge is -2.21. The van der Waals surface area contributed by atoms with Gasteiger partial charge in [-0.1, -0.05) is 23.5 Å². The van der Waals surface area contributed by atoms with Crippen LogP contribution in [0.15, 0.2) is 34.7 Å². The van der Waals surface area contributed by atoms with Gasteiger partial charge >= 0.3 is 12.1 Å². The summed E-state index contributed by atoms with van der Waals surface area (Å²) in [4.78, 5) is -0.711. The van der Waals surface area contributed by atoms with Crippen molar-refractivity contribution in [3.63, 3.8) is 0 Å². The molecule has 0 amide bonds. The summed E-state index contributed by atoms with van der Waals surface area (Å²) in [7, 11) is -3.26. The van der Waals surface area contributed by atoms with E-state index in [0.717, 1.165) is 30.5 Å². The average Bonchev–Trinajstić information content (AvgIpc) is 2.99. The topological polar surface area (TPSA) is 63.2 Å². The van der Waals surface area contributed by atoms with Crippen LogP contribution in [0, 0.1) is 0 Å². The molecule has 0 saturated carbocycles. The molecule has 0 aliphatic carbocycles. The molecule has 1 heterocycles. The fourth-order valence-electron chi connectivity index (χ4n) is 1.58. The van der Waals surface area contributed by atoms with E-state index in [1.54, 1.807) is 0 Å². The van der Waals surface area contributed by atoms with Crippen molar-refractivity contribution in [3.8, 4) is 0 Å². The van der Waals surface area contributed by atoms with E-state index in [-0.39, 0.29) is 5.13 Å². The summed E-state index contributed by atoms with van der Waals surface area (Å²) < 4.78 is 89.2. The molecular formula is C11H8F5N3O2S2. The van der Waals surface area contributed by atoms with Gasteiger partial charge in [0.25, 0.3) is 10.0 Å². The lowest BCUT2D eigenvalue weighted by Crippen LogP contribution is -2.34. The maximum absolute atomic E-state index is 13.4. The number of sulfonamides is 1. The van der Waals surface area contributed by atoms with Gasteiger partial charge in [0.05, 0.1) is 4.90 Å². The van der Waals surface area contributed by atoms with Gasteiger partial charge in [-0.3, -0.25) is 0 Å². The second kappa shape index (κ2) is 5.67. The number of rotatable bonds is 4. The van der Waals surface area contributed by atoms with E-state index in [2.05, 4.69) is 10.2 Å². The number of halogens is 5. The number of aromatic nitrogens is 2. The summed E-state index contributed by atoms with van der Waals surface area (Å²) in [5.41, 5.74) is -0.216. The molecule has 0 aliphatic rings. The zero-order valence-electron chi connectivity index (χ0n) is 11.3. The van der Waals surface area contributed by atoms with Crippen LogP contribution in [0.3, 0.4) is 0 Å². The van der Waals surface area contributed by atoms with Crippen molar-refractivity contribution >= 4 is 26.5 Å². The lowest BCUT2D eigenvalue weighted by atomic mass is 10.1. The van der Waals surface area contributed by atoms with Gasteiger partial charge in [0.15, 0.2) is 0 Å². The molecule has 126 valence electrons. The van der Waals surface area contributed by atoms with Gasteiger partial charge in [-0.2, -0.15) is 22.0 Å². The molecule has 2 rings (SSSR count). The summed E-state index contributed by atoms with van der Waals surface area (Å²) in [5, 5.41) is 6.88. The first kappa shape index (κ1) is 17.5. The second-order valence-corrected chi connectivity index (χ2v) is 7.07. The normalized spacial score (nSPS) is 13.1. The van der Waals surface area contributed by atoms with Gasteiger partial charge in [0.1, 0.15) is 5.51 Å². The molecule has 12 heteroatoms. The molecule has 2 aromatic rings. The van der Waals surface area contributed by atoms with Crippen LogP contribution in [0.2, 0.25) is 0 Å². The van der Waals surface area contributed by atoms with E-state index in [9.17, 15) is 30.4 Å². The van der Waals surface area contributed by atoms with Crippen molar-refractivity contribution < 1.29 is 30.4 Å². The number of hydrogen-bond donors (Lipinski definition) is 0. The minimum absolute atomic E-state index is 0.0574. The highest BCUT2D eigenvalue weighted by molar-refractivity contribution is 7.93. The summed E-state index contributed by atoms with van der Waals surface area (Å²) >= 11 is 0.863. The van der Waals surface area contributed by atoms with Crippen LogP contribution < -0.4 is 4.31 Å². The number of benzene rings is 1. The van der Waals surface area contributed by atoms with Crippen molar-refractivity contribution in [2.24, 2.45) is 0 Å². The molecule has 0 bridgehead atoms. The fourth-order valence-corrected chi connectivity index (χ4v) is 3.52. The summed E-state index contributed by atoms with van der Waals surface area (Å²) in [6.45, 7) is 0. The molecule has 0 N–H and O–H groups in total. The minimum Gasteiger partial charge on any atom is -0.243 e. The SMILES string of the molecule is CN(c1nncs1)S(=O)(=O)c1cccc(C(F)(F)C(F)(F)F)c1. The predicted octanol–water partition coefficient (Wildman–Crippen LogP) is 3.02. The van der Waals surface area contributed by atoms with Crippen molar-refractivity contribution in [1.29, 1.82) is 0 Å². The van der Waals surface area contributed by atoms with Gasteiger partial charge in [-0.15, -0.1) is 10.2 Å². The first-order valence-corrected chi connectivity index (χ1v) is 8.10. The Hall–Kier alpha value is -1.82. The molecule has 0 spiro atoms. The van der Waals surface area contributed by atoms with E-state index in [1.807, 2.05) is 0 Å². The monoisotopic (exact) mass is 373 g/mol. The Morgan fingerprint density at radius 2 is 1.83 bits per heavy atom. The maximum atomic E-state index is 13.4. The highest BCUT2D eigenvalue weighted by Crippen LogP contribution is 2.44. The van der Waals surface area contributed by atoms with E-state index < -0.39 is 32.6 Å². The first-order chi connectivity index (χ1) is 10.5. The Kier molecular flexibility index (Phi) is 4.32. The minimum atomic E-state index is -5.83. The van der Waals surface area contributed by atoms with Gasteiger partial charge in [0.2, 0.25) is 5.13 Å². The van der Waals surface area contributed by atoms with Crippen LogP contribution in [0.25, 0.3) is 0 Å². The third-order valence-electron chi connectivity index (χ3n) is 2.83. The smallest absolute Gasteiger partial charge is 0.243 e. The molecule has 1 aromatic carbocycles. The van der Waals surface area contributed by atoms with Gasteiger partial charge in [0, 0.05) is 12.6 Å². The van der Waals surface area contributed by atoms with Crippen molar-refractivity contribution in [2.45, 2.75) is 17.0 Å². The van der Waals surface area contributed by atoms with Crippen LogP contribution in [0.4, 0.5) is 27.1 Å². The molecular weight excluding hydrogens is 365 g/mol. The number of alkyl halides is 5. The lowest BCUT2D eigenvalue weighted by molar-refractivity contribution is -0.289. The van der Waals surface area contributed by atoms with Crippen molar-refractivity contribution in [2.75, 3.05) is 11.4 Å². The van der Waals surface area contributed by atoms with Gasteiger partial charge < -0.3 is 0 Å². The quantitative estimate of drug-likeness (QED) is 0.773. The van der Waals surface area contributed by atoms with E-state index in [0.29, 0.717) is 16.4 Å². The molecule has 23 heavy (non-hydrogen) atoms. The van der Waals surface area contributed by atoms with E-state index in [4.69, 9.17) is 0 Å². The summed E-state index contributed by atoms with van der Waals surface area (Å²) in [5.74, 6) is -5.17. The predicted molar refractivity (Wildman–Crippen MR) is 71.9 cm³/mol. The fraction of sp³-hybridized carbons (Fsp3) is 0.273. The molecule has 0 atom stereocenters. The second-order valence-electron chi connectivity index (χ2n) is 4.29. The van der Waals surface area contributed by atoms with Crippen LogP contribution in [-0.4, -0.2) is 31.8 Å². The summed E-state index contributed by atoms with van der Waals surface area (Å²) in [6.07, 6.45) is -5.83. The molecule has 0 radical (unpaired) electrons. The highest BCUT2D eigenvalue weighted by atomic mass is 32.2. The van der Waals surface area contributed by atoms with Crippen LogP contribution in [0.1, 0.15) is 5.56 Å². The van der Waals surface area contributed by atoms with Crippen molar-refractivity contribution in [1.82, 2.24) is 10.2 Å². The summed E-state index contributed by atoms with van der Waals surface area (Å²) in [6, 6.07) is 2.54. The largest absolute Gasteiger partial charge is 0.458 e. The van der Waals surface area contributed by atoms with Crippen LogP contribution in [-0.2, 0) is 15.9 Å². The molecule has 0 unspecified atom stereocenters. The van der Waals surface area contributed by atoms with Crippen molar-refractivity contribution in [3.05, 3.63) is 35.3 Å². The molecule has 5 nitrogen and oxygen atoms in total. The highest BCUT2D eigenvalue weighted by Gasteiger charge is 2.58. The molecule has 0 fully saturated rings. The van der Waals surface area contributed by atoms with E-state index >= 15 is 0 Å². The first-order valence-electron chi connectivity index (χ1n) is 5.78. The third kappa shape index (κ3) is 3.13. The molecule has 1 aromatic heterocycles. The third-order valence-corrected chi connectivity index (χ3v) is 5.45. The Morgan fingerprint density at radius 3 is 2.35 bits per heavy atom.